The summed E-state index contributed by atoms with van der Waals surface area (Å²) in [7, 11) is 1.45. The molecule has 1 unspecified atom stereocenters. The average Bonchev–Trinajstić information content (AvgIpc) is 2.61. The van der Waals surface area contributed by atoms with E-state index in [1.54, 1.807) is 0 Å². The van der Waals surface area contributed by atoms with Crippen LogP contribution in [0.3, 0.4) is 0 Å². The molecule has 0 bridgehead atoms. The highest BCUT2D eigenvalue weighted by Crippen LogP contribution is 2.28. The molecule has 1 aromatic heterocycles. The maximum Gasteiger partial charge on any atom is 0.270 e. The Labute approximate surface area is 160 Å². The summed E-state index contributed by atoms with van der Waals surface area (Å²) < 4.78 is 31.8. The van der Waals surface area contributed by atoms with E-state index >= 15 is 0 Å². The molecule has 1 aromatic carbocycles. The van der Waals surface area contributed by atoms with Crippen LogP contribution in [0.25, 0.3) is 0 Å². The number of methoxy groups -OCH3 is 1. The number of pyridine rings is 1. The van der Waals surface area contributed by atoms with E-state index in [9.17, 15) is 18.4 Å². The van der Waals surface area contributed by atoms with Crippen molar-refractivity contribution in [1.82, 2.24) is 4.98 Å². The van der Waals surface area contributed by atoms with Crippen LogP contribution in [0, 0.1) is 11.3 Å². The molecule has 1 heterocycles. The Bertz CT molecular complexity index is 879. The Morgan fingerprint density at radius 1 is 1.14 bits per heavy atom. The van der Waals surface area contributed by atoms with E-state index in [0.717, 1.165) is 13.0 Å². The van der Waals surface area contributed by atoms with E-state index in [1.165, 1.54) is 50.6 Å². The lowest BCUT2D eigenvalue weighted by Crippen LogP contribution is -2.38. The number of hydrogen-bond acceptors (Lipinski definition) is 5. The van der Waals surface area contributed by atoms with Gasteiger partial charge < -0.3 is 20.8 Å². The molecular weight excluding hydrogens is 370 g/mol. The van der Waals surface area contributed by atoms with E-state index in [1.807, 2.05) is 0 Å². The lowest BCUT2D eigenvalue weighted by Gasteiger charge is -2.17. The number of amides is 2. The number of carbonyl (C=O) groups excluding carboxylic acids is 2. The molecule has 0 fully saturated rings. The lowest BCUT2D eigenvalue weighted by molar-refractivity contribution is -0.126. The van der Waals surface area contributed by atoms with Gasteiger partial charge in [-0.05, 0) is 25.1 Å². The van der Waals surface area contributed by atoms with Gasteiger partial charge in [-0.3, -0.25) is 9.59 Å². The van der Waals surface area contributed by atoms with Gasteiger partial charge in [-0.15, -0.1) is 0 Å². The molecule has 148 valence electrons. The van der Waals surface area contributed by atoms with Gasteiger partial charge in [0.1, 0.15) is 0 Å². The Morgan fingerprint density at radius 3 is 2.29 bits per heavy atom. The van der Waals surface area contributed by atoms with Crippen LogP contribution < -0.4 is 15.4 Å². The Hall–Kier alpha value is -3.36. The van der Waals surface area contributed by atoms with E-state index in [4.69, 9.17) is 10.1 Å². The molecule has 0 radical (unpaired) electrons. The van der Waals surface area contributed by atoms with Gasteiger partial charge in [0.05, 0.1) is 19.0 Å². The number of nitrogens with zero attached hydrogens (tertiary/aromatic N) is 1. The van der Waals surface area contributed by atoms with Crippen LogP contribution in [0.1, 0.15) is 19.4 Å². The molecule has 3 N–H and O–H groups in total. The number of carbonyl (C=O) groups is 2. The second-order valence-electron chi connectivity index (χ2n) is 6.15. The standard InChI is InChI=1S/C19H20F2N4O3/c1-11(22)16(18(27)25-14-7-8-15(28-3)23-10-14)17(26)24-13-6-4-5-12(9-13)19(2,20)21/h4-10,16,22H,1-3H3,(H,24,26)(H,25,27). The van der Waals surface area contributed by atoms with Gasteiger partial charge in [0.2, 0.25) is 17.7 Å². The number of benzene rings is 1. The summed E-state index contributed by atoms with van der Waals surface area (Å²) in [6.07, 6.45) is 1.35. The normalized spacial score (nSPS) is 12.0. The predicted molar refractivity (Wildman–Crippen MR) is 101 cm³/mol. The van der Waals surface area contributed by atoms with Crippen molar-refractivity contribution in [3.05, 3.63) is 48.2 Å². The van der Waals surface area contributed by atoms with Crippen molar-refractivity contribution < 1.29 is 23.1 Å². The molecule has 0 aliphatic carbocycles. The van der Waals surface area contributed by atoms with Gasteiger partial charge in [-0.25, -0.2) is 13.8 Å². The summed E-state index contributed by atoms with van der Waals surface area (Å²) in [5.74, 6) is -5.70. The monoisotopic (exact) mass is 390 g/mol. The molecular formula is C19H20F2N4O3. The molecule has 0 saturated heterocycles. The van der Waals surface area contributed by atoms with Gasteiger partial charge in [0.25, 0.3) is 5.92 Å². The quantitative estimate of drug-likeness (QED) is 0.498. The van der Waals surface area contributed by atoms with Crippen molar-refractivity contribution in [1.29, 1.82) is 5.41 Å². The van der Waals surface area contributed by atoms with Crippen molar-refractivity contribution in [3.8, 4) is 5.88 Å². The van der Waals surface area contributed by atoms with Gasteiger partial charge in [-0.1, -0.05) is 12.1 Å². The summed E-state index contributed by atoms with van der Waals surface area (Å²) in [5, 5.41) is 12.7. The molecule has 7 nitrogen and oxygen atoms in total. The minimum Gasteiger partial charge on any atom is -0.481 e. The summed E-state index contributed by atoms with van der Waals surface area (Å²) in [6, 6.07) is 8.22. The highest BCUT2D eigenvalue weighted by atomic mass is 19.3. The Balaban J connectivity index is 2.15. The highest BCUT2D eigenvalue weighted by molar-refractivity contribution is 6.24. The number of aromatic nitrogens is 1. The molecule has 0 aliphatic heterocycles. The van der Waals surface area contributed by atoms with Crippen LogP contribution in [0.4, 0.5) is 20.2 Å². The van der Waals surface area contributed by atoms with Gasteiger partial charge in [-0.2, -0.15) is 0 Å². The average molecular weight is 390 g/mol. The minimum absolute atomic E-state index is 0.106. The van der Waals surface area contributed by atoms with Gasteiger partial charge >= 0.3 is 0 Å². The Kier molecular flexibility index (Phi) is 6.40. The van der Waals surface area contributed by atoms with Crippen LogP contribution in [-0.4, -0.2) is 29.6 Å². The first-order valence-corrected chi connectivity index (χ1v) is 8.27. The topological polar surface area (TPSA) is 104 Å². The number of halogens is 2. The van der Waals surface area contributed by atoms with Crippen LogP contribution >= 0.6 is 0 Å². The first-order valence-electron chi connectivity index (χ1n) is 8.27. The summed E-state index contributed by atoms with van der Waals surface area (Å²) >= 11 is 0. The smallest absolute Gasteiger partial charge is 0.270 e. The number of nitrogens with one attached hydrogen (secondary N) is 3. The summed E-state index contributed by atoms with van der Waals surface area (Å²) in [6.45, 7) is 2.06. The van der Waals surface area contributed by atoms with Gasteiger partial charge in [0, 0.05) is 30.0 Å². The minimum atomic E-state index is -3.07. The first-order chi connectivity index (χ1) is 13.1. The fourth-order valence-corrected chi connectivity index (χ4v) is 2.39. The van der Waals surface area contributed by atoms with Crippen molar-refractivity contribution >= 4 is 28.9 Å². The Morgan fingerprint density at radius 2 is 1.79 bits per heavy atom. The number of hydrogen-bond donors (Lipinski definition) is 3. The number of anilines is 2. The fraction of sp³-hybridized carbons (Fsp3) is 0.263. The maximum atomic E-state index is 13.5. The van der Waals surface area contributed by atoms with E-state index < -0.39 is 23.7 Å². The first kappa shape index (κ1) is 20.9. The summed E-state index contributed by atoms with van der Waals surface area (Å²) in [5.41, 5.74) is -0.0534. The number of ether oxygens (including phenoxy) is 1. The molecule has 9 heteroatoms. The van der Waals surface area contributed by atoms with E-state index in [2.05, 4.69) is 15.6 Å². The second-order valence-corrected chi connectivity index (χ2v) is 6.15. The molecule has 0 saturated carbocycles. The fourth-order valence-electron chi connectivity index (χ4n) is 2.39. The SMILES string of the molecule is COc1ccc(NC(=O)C(C(C)=N)C(=O)Nc2cccc(C(C)(F)F)c2)cn1. The third-order valence-electron chi connectivity index (χ3n) is 3.81. The second kappa shape index (κ2) is 8.55. The molecule has 1 atom stereocenters. The third-order valence-corrected chi connectivity index (χ3v) is 3.81. The van der Waals surface area contributed by atoms with Crippen LogP contribution in [0.2, 0.25) is 0 Å². The highest BCUT2D eigenvalue weighted by Gasteiger charge is 2.30. The molecule has 0 aliphatic rings. The van der Waals surface area contributed by atoms with Crippen LogP contribution in [0.15, 0.2) is 42.6 Å². The zero-order valence-electron chi connectivity index (χ0n) is 15.5. The zero-order chi connectivity index (χ0) is 20.9. The number of alkyl halides is 2. The van der Waals surface area contributed by atoms with Gasteiger partial charge in [0.15, 0.2) is 5.92 Å². The molecule has 2 rings (SSSR count). The molecule has 28 heavy (non-hydrogen) atoms. The van der Waals surface area contributed by atoms with E-state index in [0.29, 0.717) is 11.6 Å². The van der Waals surface area contributed by atoms with Crippen molar-refractivity contribution in [2.45, 2.75) is 19.8 Å². The lowest BCUT2D eigenvalue weighted by atomic mass is 10.0. The predicted octanol–water partition coefficient (Wildman–Crippen LogP) is 3.43. The zero-order valence-corrected chi connectivity index (χ0v) is 15.5. The molecule has 2 amide bonds. The van der Waals surface area contributed by atoms with Crippen molar-refractivity contribution in [2.24, 2.45) is 5.92 Å². The van der Waals surface area contributed by atoms with Crippen LogP contribution in [-0.2, 0) is 15.5 Å². The van der Waals surface area contributed by atoms with Crippen LogP contribution in [0.5, 0.6) is 5.88 Å². The maximum absolute atomic E-state index is 13.5. The largest absolute Gasteiger partial charge is 0.481 e. The van der Waals surface area contributed by atoms with Crippen molar-refractivity contribution in [2.75, 3.05) is 17.7 Å². The van der Waals surface area contributed by atoms with E-state index in [-0.39, 0.29) is 17.0 Å². The molecule has 0 spiro atoms. The molecule has 2 aromatic rings. The van der Waals surface area contributed by atoms with Crippen molar-refractivity contribution in [3.63, 3.8) is 0 Å². The summed E-state index contributed by atoms with van der Waals surface area (Å²) in [4.78, 5) is 28.9. The number of rotatable bonds is 7. The third kappa shape index (κ3) is 5.32.